The van der Waals surface area contributed by atoms with Crippen molar-refractivity contribution in [3.8, 4) is 78.9 Å². The summed E-state index contributed by atoms with van der Waals surface area (Å²) in [5.74, 6) is 1.75. The Morgan fingerprint density at radius 2 is 0.632 bits per heavy atom. The highest BCUT2D eigenvalue weighted by atomic mass is 15.2. The zero-order chi connectivity index (χ0) is 45.0. The van der Waals surface area contributed by atoms with Crippen molar-refractivity contribution in [1.82, 2.24) is 24.1 Å². The molecule has 0 bridgehead atoms. The topological polar surface area (TPSA) is 48.5 Å². The molecule has 0 amide bonds. The van der Waals surface area contributed by atoms with E-state index < -0.39 is 0 Å². The number of hydrogen-bond acceptors (Lipinski definition) is 3. The van der Waals surface area contributed by atoms with Crippen LogP contribution in [-0.4, -0.2) is 24.1 Å². The molecule has 13 rings (SSSR count). The normalized spacial score (nSPS) is 11.5. The van der Waals surface area contributed by atoms with Crippen molar-refractivity contribution in [2.45, 2.75) is 0 Å². The first-order valence-corrected chi connectivity index (χ1v) is 23.0. The first-order valence-electron chi connectivity index (χ1n) is 23.0. The molecule has 0 radical (unpaired) electrons. The van der Waals surface area contributed by atoms with E-state index in [1.807, 2.05) is 12.1 Å². The molecule has 0 aliphatic carbocycles. The molecule has 0 aliphatic rings. The van der Waals surface area contributed by atoms with Crippen molar-refractivity contribution in [1.29, 1.82) is 0 Å². The Morgan fingerprint density at radius 1 is 0.235 bits per heavy atom. The Morgan fingerprint density at radius 3 is 1.21 bits per heavy atom. The largest absolute Gasteiger partial charge is 0.308 e. The zero-order valence-corrected chi connectivity index (χ0v) is 36.9. The van der Waals surface area contributed by atoms with E-state index >= 15 is 0 Å². The van der Waals surface area contributed by atoms with Crippen LogP contribution in [-0.2, 0) is 0 Å². The molecule has 0 fully saturated rings. The standard InChI is InChI=1S/C63H41N5/c1-5-20-42(21-6-1)43-36-38-47(39-37-43)61-64-62(51-29-14-13-28-48(51)44-22-7-2-8-23-44)66-63(65-61)68-55-35-18-16-31-53(55)59-57(68)41-40-56-58(59)52-30-15-17-34-54(52)67(56)60-49(45-24-9-3-10-25-45)32-19-33-50(60)46-26-11-4-12-27-46/h1-41H. The van der Waals surface area contributed by atoms with Gasteiger partial charge in [-0.05, 0) is 57.6 Å². The van der Waals surface area contributed by atoms with Crippen LogP contribution >= 0.6 is 0 Å². The van der Waals surface area contributed by atoms with E-state index in [1.165, 1.54) is 10.8 Å². The van der Waals surface area contributed by atoms with Gasteiger partial charge >= 0.3 is 0 Å². The summed E-state index contributed by atoms with van der Waals surface area (Å²) in [4.78, 5) is 16.1. The van der Waals surface area contributed by atoms with Gasteiger partial charge in [-0.25, -0.2) is 4.98 Å². The highest BCUT2D eigenvalue weighted by Gasteiger charge is 2.25. The van der Waals surface area contributed by atoms with Gasteiger partial charge in [-0.15, -0.1) is 0 Å². The van der Waals surface area contributed by atoms with Crippen LogP contribution in [0.25, 0.3) is 123 Å². The van der Waals surface area contributed by atoms with Crippen LogP contribution in [0.4, 0.5) is 0 Å². The highest BCUT2D eigenvalue weighted by Crippen LogP contribution is 2.46. The van der Waals surface area contributed by atoms with E-state index in [-0.39, 0.29) is 0 Å². The third kappa shape index (κ3) is 6.51. The Hall–Kier alpha value is -9.19. The molecule has 0 aliphatic heterocycles. The molecule has 0 unspecified atom stereocenters. The monoisotopic (exact) mass is 867 g/mol. The quantitative estimate of drug-likeness (QED) is 0.153. The summed E-state index contributed by atoms with van der Waals surface area (Å²) in [5, 5.41) is 4.61. The minimum atomic E-state index is 0.551. The second-order valence-electron chi connectivity index (χ2n) is 17.1. The third-order valence-corrected chi connectivity index (χ3v) is 13.2. The SMILES string of the molecule is c1ccc(-c2ccc(-c3nc(-c4ccccc4-c4ccccc4)nc(-n4c5ccccc5c5c6c7ccccc7n(-c7c(-c8ccccc8)cccc7-c7ccccc7)c6ccc54)n3)cc2)cc1. The first-order chi connectivity index (χ1) is 33.8. The van der Waals surface area contributed by atoms with Gasteiger partial charge in [-0.3, -0.25) is 4.57 Å². The molecule has 10 aromatic carbocycles. The van der Waals surface area contributed by atoms with Crippen LogP contribution in [0, 0.1) is 0 Å². The molecule has 0 saturated heterocycles. The van der Waals surface area contributed by atoms with Crippen LogP contribution in [0.1, 0.15) is 0 Å². The predicted octanol–water partition coefficient (Wildman–Crippen LogP) is 16.1. The van der Waals surface area contributed by atoms with Gasteiger partial charge in [-0.1, -0.05) is 224 Å². The van der Waals surface area contributed by atoms with E-state index in [0.29, 0.717) is 17.6 Å². The first kappa shape index (κ1) is 39.2. The molecule has 3 heterocycles. The maximum Gasteiger partial charge on any atom is 0.238 e. The summed E-state index contributed by atoms with van der Waals surface area (Å²) in [7, 11) is 0. The Labute approximate surface area is 393 Å². The number of hydrogen-bond donors (Lipinski definition) is 0. The van der Waals surface area contributed by atoms with Gasteiger partial charge in [0.25, 0.3) is 0 Å². The number of nitrogens with zero attached hydrogens (tertiary/aromatic N) is 5. The van der Waals surface area contributed by atoms with Gasteiger partial charge in [0, 0.05) is 43.8 Å². The van der Waals surface area contributed by atoms with Gasteiger partial charge in [0.1, 0.15) is 0 Å². The molecule has 5 nitrogen and oxygen atoms in total. The number of rotatable bonds is 8. The summed E-state index contributed by atoms with van der Waals surface area (Å²) in [5.41, 5.74) is 16.3. The fraction of sp³-hybridized carbons (Fsp3) is 0. The zero-order valence-electron chi connectivity index (χ0n) is 36.9. The van der Waals surface area contributed by atoms with Gasteiger partial charge < -0.3 is 4.57 Å². The van der Waals surface area contributed by atoms with Gasteiger partial charge in [0.2, 0.25) is 5.95 Å². The summed E-state index contributed by atoms with van der Waals surface area (Å²) in [6, 6.07) is 88.1. The van der Waals surface area contributed by atoms with Gasteiger partial charge in [0.05, 0.1) is 27.8 Å². The van der Waals surface area contributed by atoms with E-state index in [4.69, 9.17) is 15.0 Å². The molecule has 13 aromatic rings. The minimum absolute atomic E-state index is 0.551. The molecule has 0 atom stereocenters. The Kier molecular flexibility index (Phi) is 9.43. The summed E-state index contributed by atoms with van der Waals surface area (Å²) < 4.78 is 4.72. The minimum Gasteiger partial charge on any atom is -0.308 e. The molecule has 3 aromatic heterocycles. The Bertz CT molecular complexity index is 3930. The molecule has 0 saturated carbocycles. The number of benzene rings is 10. The number of aromatic nitrogens is 5. The molecule has 318 valence electrons. The van der Waals surface area contributed by atoms with E-state index in [0.717, 1.165) is 94.2 Å². The van der Waals surface area contributed by atoms with E-state index in [2.05, 4.69) is 246 Å². The lowest BCUT2D eigenvalue weighted by atomic mass is 9.95. The fourth-order valence-corrected chi connectivity index (χ4v) is 10.2. The van der Waals surface area contributed by atoms with Gasteiger partial charge in [-0.2, -0.15) is 9.97 Å². The van der Waals surface area contributed by atoms with Crippen LogP contribution in [0.15, 0.2) is 249 Å². The maximum atomic E-state index is 5.44. The molecular formula is C63H41N5. The summed E-state index contributed by atoms with van der Waals surface area (Å²) >= 11 is 0. The van der Waals surface area contributed by atoms with Crippen molar-refractivity contribution in [2.75, 3.05) is 0 Å². The van der Waals surface area contributed by atoms with Crippen molar-refractivity contribution >= 4 is 43.6 Å². The molecule has 0 spiro atoms. The fourth-order valence-electron chi connectivity index (χ4n) is 10.2. The molecule has 0 N–H and O–H groups in total. The molecular weight excluding hydrogens is 827 g/mol. The van der Waals surface area contributed by atoms with Crippen molar-refractivity contribution in [3.05, 3.63) is 249 Å². The lowest BCUT2D eigenvalue weighted by Gasteiger charge is -2.19. The smallest absolute Gasteiger partial charge is 0.238 e. The van der Waals surface area contributed by atoms with Crippen molar-refractivity contribution < 1.29 is 0 Å². The average molecular weight is 868 g/mol. The van der Waals surface area contributed by atoms with Crippen LogP contribution in [0.2, 0.25) is 0 Å². The van der Waals surface area contributed by atoms with Crippen molar-refractivity contribution in [3.63, 3.8) is 0 Å². The highest BCUT2D eigenvalue weighted by molar-refractivity contribution is 6.29. The molecule has 68 heavy (non-hydrogen) atoms. The van der Waals surface area contributed by atoms with Crippen molar-refractivity contribution in [2.24, 2.45) is 0 Å². The second kappa shape index (κ2) is 16.4. The van der Waals surface area contributed by atoms with Crippen LogP contribution < -0.4 is 0 Å². The summed E-state index contributed by atoms with van der Waals surface area (Å²) in [6.45, 7) is 0. The number of para-hydroxylation sites is 3. The third-order valence-electron chi connectivity index (χ3n) is 13.2. The van der Waals surface area contributed by atoms with Gasteiger partial charge in [0.15, 0.2) is 11.6 Å². The summed E-state index contributed by atoms with van der Waals surface area (Å²) in [6.07, 6.45) is 0. The molecule has 5 heteroatoms. The van der Waals surface area contributed by atoms with Crippen LogP contribution in [0.3, 0.4) is 0 Å². The average Bonchev–Trinajstić information content (AvgIpc) is 3.94. The predicted molar refractivity (Wildman–Crippen MR) is 281 cm³/mol. The van der Waals surface area contributed by atoms with E-state index in [9.17, 15) is 0 Å². The lowest BCUT2D eigenvalue weighted by Crippen LogP contribution is -2.07. The maximum absolute atomic E-state index is 5.44. The van der Waals surface area contributed by atoms with Crippen LogP contribution in [0.5, 0.6) is 0 Å². The Balaban J connectivity index is 1.10. The lowest BCUT2D eigenvalue weighted by molar-refractivity contribution is 0.954. The number of fused-ring (bicyclic) bond motifs is 7. The van der Waals surface area contributed by atoms with E-state index in [1.54, 1.807) is 0 Å². The second-order valence-corrected chi connectivity index (χ2v) is 17.1.